The molecule has 0 aromatic rings. The number of ether oxygens (including phenoxy) is 2. The number of carbonyl (C=O) groups is 1. The van der Waals surface area contributed by atoms with Crippen molar-refractivity contribution in [3.8, 4) is 0 Å². The second kappa shape index (κ2) is 10.9. The van der Waals surface area contributed by atoms with E-state index >= 15 is 0 Å². The molecule has 0 spiro atoms. The Morgan fingerprint density at radius 2 is 1.59 bits per heavy atom. The average molecular weight is 651 g/mol. The minimum atomic E-state index is -1.70. The van der Waals surface area contributed by atoms with Gasteiger partial charge in [-0.25, -0.2) is 0 Å². The van der Waals surface area contributed by atoms with Crippen LogP contribution in [0.3, 0.4) is 0 Å². The minimum Gasteiger partial charge on any atom is -0.432 e. The van der Waals surface area contributed by atoms with Gasteiger partial charge < -0.3 is 45.2 Å². The van der Waals surface area contributed by atoms with Crippen LogP contribution in [0.2, 0.25) is 0 Å². The summed E-state index contributed by atoms with van der Waals surface area (Å²) in [6, 6.07) is 0. The smallest absolute Gasteiger partial charge is 0.315 e. The molecule has 16 atom stereocenters. The lowest BCUT2D eigenvalue weighted by Crippen LogP contribution is -2.69. The first-order valence-electron chi connectivity index (χ1n) is 17.5. The molecule has 262 valence electrons. The minimum absolute atomic E-state index is 0.0940. The maximum Gasteiger partial charge on any atom is 0.315 e. The number of rotatable bonds is 3. The summed E-state index contributed by atoms with van der Waals surface area (Å²) >= 11 is 0. The third-order valence-corrected chi connectivity index (χ3v) is 15.5. The number of esters is 1. The van der Waals surface area contributed by atoms with Gasteiger partial charge in [0.15, 0.2) is 0 Å². The van der Waals surface area contributed by atoms with Crippen LogP contribution in [0.15, 0.2) is 11.6 Å². The van der Waals surface area contributed by atoms with E-state index in [0.717, 1.165) is 24.8 Å². The molecule has 46 heavy (non-hydrogen) atoms. The molecule has 6 aliphatic rings. The molecule has 6 rings (SSSR count). The zero-order valence-corrected chi connectivity index (χ0v) is 28.6. The molecule has 1 heterocycles. The van der Waals surface area contributed by atoms with Crippen molar-refractivity contribution in [3.63, 3.8) is 0 Å². The van der Waals surface area contributed by atoms with Crippen molar-refractivity contribution >= 4 is 5.97 Å². The van der Waals surface area contributed by atoms with Crippen LogP contribution in [0.4, 0.5) is 0 Å². The molecular weight excluding hydrogens is 592 g/mol. The van der Waals surface area contributed by atoms with Crippen LogP contribution < -0.4 is 0 Å². The van der Waals surface area contributed by atoms with Crippen LogP contribution >= 0.6 is 0 Å². The Balaban J connectivity index is 1.39. The molecular formula is C36H58O10. The van der Waals surface area contributed by atoms with Gasteiger partial charge in [0, 0.05) is 5.92 Å². The molecule has 10 heteroatoms. The van der Waals surface area contributed by atoms with Gasteiger partial charge in [-0.3, -0.25) is 4.79 Å². The molecule has 5 fully saturated rings. The number of aliphatic hydroxyl groups is 7. The molecule has 10 nitrogen and oxygen atoms in total. The van der Waals surface area contributed by atoms with Gasteiger partial charge in [-0.05, 0) is 97.7 Å². The third-order valence-electron chi connectivity index (χ3n) is 15.5. The molecule has 0 unspecified atom stereocenters. The standard InChI is InChI=1S/C36H58O10/c1-18-10-13-36(30(43)46-29-26(41)25(40)24(39)21(17-37)45-29)15-14-33(5)19(27(36)35(18,7)44)8-9-23-32(4)16-20(38)28(42)31(2,3)22(32)11-12-34(23,33)6/h8,18,20-29,37-42,44H,9-17H2,1-7H3/t18-,20-,21-,22-,23+,24-,25+,26-,27-,28+,29+,32+,33-,34-,35-,36+/m1/s1. The fourth-order valence-corrected chi connectivity index (χ4v) is 12.4. The monoisotopic (exact) mass is 650 g/mol. The maximum atomic E-state index is 14.5. The van der Waals surface area contributed by atoms with E-state index in [1.807, 2.05) is 13.8 Å². The van der Waals surface area contributed by atoms with Gasteiger partial charge in [-0.1, -0.05) is 53.2 Å². The predicted molar refractivity (Wildman–Crippen MR) is 168 cm³/mol. The summed E-state index contributed by atoms with van der Waals surface area (Å²) in [5.41, 5.74) is -2.44. The third kappa shape index (κ3) is 4.39. The summed E-state index contributed by atoms with van der Waals surface area (Å²) in [5.74, 6) is -0.787. The highest BCUT2D eigenvalue weighted by atomic mass is 16.7. The molecule has 0 radical (unpaired) electrons. The van der Waals surface area contributed by atoms with E-state index < -0.39 is 77.8 Å². The fraction of sp³-hybridized carbons (Fsp3) is 0.917. The first-order valence-corrected chi connectivity index (χ1v) is 17.5. The summed E-state index contributed by atoms with van der Waals surface area (Å²) in [4.78, 5) is 14.5. The number of hydrogen-bond donors (Lipinski definition) is 7. The number of carbonyl (C=O) groups excluding carboxylic acids is 1. The lowest BCUT2D eigenvalue weighted by Gasteiger charge is -2.72. The summed E-state index contributed by atoms with van der Waals surface area (Å²) < 4.78 is 11.5. The number of hydrogen-bond acceptors (Lipinski definition) is 10. The fourth-order valence-electron chi connectivity index (χ4n) is 12.4. The Morgan fingerprint density at radius 3 is 2.24 bits per heavy atom. The molecule has 0 bridgehead atoms. The molecule has 5 aliphatic carbocycles. The van der Waals surface area contributed by atoms with Gasteiger partial charge >= 0.3 is 5.97 Å². The Bertz CT molecular complexity index is 1250. The van der Waals surface area contributed by atoms with E-state index in [1.54, 1.807) is 0 Å². The lowest BCUT2D eigenvalue weighted by atomic mass is 9.33. The molecule has 4 saturated carbocycles. The van der Waals surface area contributed by atoms with Gasteiger partial charge in [0.05, 0.1) is 29.8 Å². The van der Waals surface area contributed by atoms with Crippen molar-refractivity contribution in [1.82, 2.24) is 0 Å². The van der Waals surface area contributed by atoms with E-state index in [-0.39, 0.29) is 34.0 Å². The number of fused-ring (bicyclic) bond motifs is 7. The first kappa shape index (κ1) is 34.7. The van der Waals surface area contributed by atoms with Crippen LogP contribution in [0.1, 0.15) is 99.8 Å². The van der Waals surface area contributed by atoms with Crippen LogP contribution in [0.5, 0.6) is 0 Å². The van der Waals surface area contributed by atoms with E-state index in [2.05, 4.69) is 40.7 Å². The van der Waals surface area contributed by atoms with E-state index in [1.165, 1.54) is 0 Å². The topological polar surface area (TPSA) is 177 Å². The van der Waals surface area contributed by atoms with Crippen LogP contribution in [0, 0.1) is 50.7 Å². The molecule has 0 aromatic carbocycles. The quantitative estimate of drug-likeness (QED) is 0.177. The molecule has 1 saturated heterocycles. The van der Waals surface area contributed by atoms with Gasteiger partial charge in [0.2, 0.25) is 6.29 Å². The van der Waals surface area contributed by atoms with Crippen molar-refractivity contribution in [3.05, 3.63) is 11.6 Å². The Morgan fingerprint density at radius 1 is 0.913 bits per heavy atom. The van der Waals surface area contributed by atoms with Crippen molar-refractivity contribution in [2.24, 2.45) is 50.7 Å². The van der Waals surface area contributed by atoms with Crippen LogP contribution in [-0.4, -0.2) is 96.8 Å². The summed E-state index contributed by atoms with van der Waals surface area (Å²) in [5, 5.41) is 75.6. The van der Waals surface area contributed by atoms with Crippen LogP contribution in [-0.2, 0) is 14.3 Å². The Kier molecular flexibility index (Phi) is 8.27. The van der Waals surface area contributed by atoms with E-state index in [4.69, 9.17) is 9.47 Å². The second-order valence-electron chi connectivity index (χ2n) is 17.7. The highest BCUT2D eigenvalue weighted by Gasteiger charge is 2.72. The summed E-state index contributed by atoms with van der Waals surface area (Å²) in [6.07, 6.45) is -1.65. The van der Waals surface area contributed by atoms with Crippen molar-refractivity contribution in [2.45, 2.75) is 148 Å². The number of aliphatic hydroxyl groups excluding tert-OH is 6. The average Bonchev–Trinajstić information content (AvgIpc) is 2.98. The zero-order valence-electron chi connectivity index (χ0n) is 28.6. The maximum absolute atomic E-state index is 14.5. The highest BCUT2D eigenvalue weighted by molar-refractivity contribution is 5.79. The Labute approximate surface area is 273 Å². The molecule has 7 N–H and O–H groups in total. The SMILES string of the molecule is C[C@@H]1CC[C@]2(C(=O)O[C@@H]3O[C@H](CO)[C@@H](O)[C@H](O)[C@H]3O)CC[C@]3(C)C(=CC[C@H]4[C@@]5(C)C[C@@H](O)[C@H](O)C(C)(C)[C@H]5CC[C@]43C)[C@@H]2[C@]1(C)O. The largest absolute Gasteiger partial charge is 0.432 e. The normalized spacial score (nSPS) is 56.4. The van der Waals surface area contributed by atoms with E-state index in [9.17, 15) is 40.5 Å². The van der Waals surface area contributed by atoms with Gasteiger partial charge in [0.1, 0.15) is 24.4 Å². The molecule has 0 amide bonds. The van der Waals surface area contributed by atoms with Gasteiger partial charge in [0.25, 0.3) is 0 Å². The highest BCUT2D eigenvalue weighted by Crippen LogP contribution is 2.76. The van der Waals surface area contributed by atoms with E-state index in [0.29, 0.717) is 32.1 Å². The van der Waals surface area contributed by atoms with Gasteiger partial charge in [-0.2, -0.15) is 0 Å². The molecule has 0 aromatic heterocycles. The zero-order chi connectivity index (χ0) is 34.0. The summed E-state index contributed by atoms with van der Waals surface area (Å²) in [6.45, 7) is 14.4. The first-order chi connectivity index (χ1) is 21.2. The predicted octanol–water partition coefficient (Wildman–Crippen LogP) is 2.43. The second-order valence-corrected chi connectivity index (χ2v) is 17.7. The van der Waals surface area contributed by atoms with Crippen LogP contribution in [0.25, 0.3) is 0 Å². The van der Waals surface area contributed by atoms with Crippen molar-refractivity contribution in [2.75, 3.05) is 6.61 Å². The number of allylic oxidation sites excluding steroid dienone is 1. The molecule has 1 aliphatic heterocycles. The summed E-state index contributed by atoms with van der Waals surface area (Å²) in [7, 11) is 0. The Hall–Kier alpha value is -1.11. The van der Waals surface area contributed by atoms with Gasteiger partial charge in [-0.15, -0.1) is 0 Å². The van der Waals surface area contributed by atoms with Crippen molar-refractivity contribution in [1.29, 1.82) is 0 Å². The lowest BCUT2D eigenvalue weighted by molar-refractivity contribution is -0.299. The van der Waals surface area contributed by atoms with Crippen molar-refractivity contribution < 1.29 is 50.0 Å².